The summed E-state index contributed by atoms with van der Waals surface area (Å²) in [7, 11) is -3.38. The molecule has 0 fully saturated rings. The number of hydrogen-bond acceptors (Lipinski definition) is 2. The molecular weight excluding hydrogens is 246 g/mol. The summed E-state index contributed by atoms with van der Waals surface area (Å²) in [4.78, 5) is 0.329. The van der Waals surface area contributed by atoms with Gasteiger partial charge in [0.25, 0.3) is 0 Å². The number of benzene rings is 1. The average molecular weight is 269 g/mol. The summed E-state index contributed by atoms with van der Waals surface area (Å²) in [6.45, 7) is 10.1. The van der Waals surface area contributed by atoms with Gasteiger partial charge >= 0.3 is 0 Å². The summed E-state index contributed by atoms with van der Waals surface area (Å²) >= 11 is 0. The van der Waals surface area contributed by atoms with Crippen LogP contribution in [0.2, 0.25) is 0 Å². The van der Waals surface area contributed by atoms with Gasteiger partial charge in [0.2, 0.25) is 10.0 Å². The fourth-order valence-corrected chi connectivity index (χ4v) is 2.88. The van der Waals surface area contributed by atoms with Crippen molar-refractivity contribution in [2.45, 2.75) is 57.4 Å². The van der Waals surface area contributed by atoms with Crippen LogP contribution in [-0.4, -0.2) is 14.5 Å². The number of sulfonamides is 1. The molecule has 0 saturated heterocycles. The van der Waals surface area contributed by atoms with E-state index in [1.165, 1.54) is 0 Å². The van der Waals surface area contributed by atoms with Crippen LogP contribution in [0.1, 0.15) is 46.6 Å². The van der Waals surface area contributed by atoms with Gasteiger partial charge in [0.05, 0.1) is 4.90 Å². The number of nitrogens with one attached hydrogen (secondary N) is 1. The Kier molecular flexibility index (Phi) is 4.56. The molecule has 0 unspecified atom stereocenters. The van der Waals surface area contributed by atoms with E-state index in [0.717, 1.165) is 12.0 Å². The quantitative estimate of drug-likeness (QED) is 0.913. The molecule has 4 heteroatoms. The molecule has 1 aromatic carbocycles. The Labute approximate surface area is 111 Å². The highest BCUT2D eigenvalue weighted by Gasteiger charge is 2.18. The van der Waals surface area contributed by atoms with Crippen LogP contribution in [0.3, 0.4) is 0 Å². The summed E-state index contributed by atoms with van der Waals surface area (Å²) < 4.78 is 26.8. The van der Waals surface area contributed by atoms with Crippen molar-refractivity contribution in [3.8, 4) is 0 Å². The van der Waals surface area contributed by atoms with E-state index in [4.69, 9.17) is 0 Å². The lowest BCUT2D eigenvalue weighted by atomic mass is 9.87. The van der Waals surface area contributed by atoms with Crippen molar-refractivity contribution in [3.05, 3.63) is 29.8 Å². The first-order valence-corrected chi connectivity index (χ1v) is 7.78. The zero-order valence-corrected chi connectivity index (χ0v) is 12.6. The zero-order valence-electron chi connectivity index (χ0n) is 11.8. The van der Waals surface area contributed by atoms with E-state index >= 15 is 0 Å². The van der Waals surface area contributed by atoms with Crippen molar-refractivity contribution < 1.29 is 8.42 Å². The van der Waals surface area contributed by atoms with Gasteiger partial charge < -0.3 is 0 Å². The molecule has 1 aromatic rings. The van der Waals surface area contributed by atoms with Gasteiger partial charge in [-0.2, -0.15) is 0 Å². The fourth-order valence-electron chi connectivity index (χ4n) is 1.55. The van der Waals surface area contributed by atoms with Crippen LogP contribution >= 0.6 is 0 Å². The van der Waals surface area contributed by atoms with Gasteiger partial charge in [-0.05, 0) is 36.5 Å². The van der Waals surface area contributed by atoms with Crippen LogP contribution in [0.5, 0.6) is 0 Å². The lowest BCUT2D eigenvalue weighted by Gasteiger charge is -2.19. The SMILES string of the molecule is CC[C@@H](C)NS(=O)(=O)c1ccc(C(C)(C)C)cc1. The minimum atomic E-state index is -3.38. The zero-order chi connectivity index (χ0) is 14.0. The molecule has 1 atom stereocenters. The van der Waals surface area contributed by atoms with E-state index in [2.05, 4.69) is 25.5 Å². The van der Waals surface area contributed by atoms with Gasteiger partial charge in [-0.25, -0.2) is 13.1 Å². The lowest BCUT2D eigenvalue weighted by Crippen LogP contribution is -2.32. The van der Waals surface area contributed by atoms with Crippen molar-refractivity contribution >= 4 is 10.0 Å². The molecule has 0 amide bonds. The normalized spacial score (nSPS) is 14.5. The second-order valence-electron chi connectivity index (χ2n) is 5.70. The topological polar surface area (TPSA) is 46.2 Å². The van der Waals surface area contributed by atoms with Gasteiger partial charge in [0, 0.05) is 6.04 Å². The van der Waals surface area contributed by atoms with Crippen molar-refractivity contribution in [3.63, 3.8) is 0 Å². The van der Waals surface area contributed by atoms with Gasteiger partial charge in [-0.15, -0.1) is 0 Å². The molecule has 0 aromatic heterocycles. The lowest BCUT2D eigenvalue weighted by molar-refractivity contribution is 0.555. The molecule has 0 aliphatic rings. The number of hydrogen-bond donors (Lipinski definition) is 1. The van der Waals surface area contributed by atoms with E-state index in [-0.39, 0.29) is 11.5 Å². The van der Waals surface area contributed by atoms with Crippen LogP contribution in [0.4, 0.5) is 0 Å². The highest BCUT2D eigenvalue weighted by molar-refractivity contribution is 7.89. The highest BCUT2D eigenvalue weighted by atomic mass is 32.2. The first-order chi connectivity index (χ1) is 8.16. The second-order valence-corrected chi connectivity index (χ2v) is 7.42. The Morgan fingerprint density at radius 2 is 1.67 bits per heavy atom. The van der Waals surface area contributed by atoms with E-state index in [9.17, 15) is 8.42 Å². The molecule has 0 spiro atoms. The van der Waals surface area contributed by atoms with Crippen LogP contribution < -0.4 is 4.72 Å². The maximum Gasteiger partial charge on any atom is 0.240 e. The predicted octanol–water partition coefficient (Wildman–Crippen LogP) is 3.06. The Morgan fingerprint density at radius 3 is 2.06 bits per heavy atom. The molecule has 0 aliphatic heterocycles. The van der Waals surface area contributed by atoms with Gasteiger partial charge in [0.1, 0.15) is 0 Å². The smallest absolute Gasteiger partial charge is 0.208 e. The largest absolute Gasteiger partial charge is 0.240 e. The van der Waals surface area contributed by atoms with Crippen LogP contribution in [0.15, 0.2) is 29.2 Å². The average Bonchev–Trinajstić information content (AvgIpc) is 2.27. The van der Waals surface area contributed by atoms with Crippen molar-refractivity contribution in [1.82, 2.24) is 4.72 Å². The predicted molar refractivity (Wildman–Crippen MR) is 75.2 cm³/mol. The molecule has 3 nitrogen and oxygen atoms in total. The third kappa shape index (κ3) is 3.82. The molecule has 18 heavy (non-hydrogen) atoms. The molecule has 0 aliphatic carbocycles. The van der Waals surface area contributed by atoms with Gasteiger partial charge in [-0.1, -0.05) is 39.8 Å². The van der Waals surface area contributed by atoms with Crippen molar-refractivity contribution in [2.75, 3.05) is 0 Å². The Balaban J connectivity index is 2.98. The summed E-state index contributed by atoms with van der Waals surface area (Å²) in [5, 5.41) is 0. The summed E-state index contributed by atoms with van der Waals surface area (Å²) in [6, 6.07) is 7.06. The molecule has 1 rings (SSSR count). The second kappa shape index (κ2) is 5.41. The molecule has 0 heterocycles. The molecule has 1 N–H and O–H groups in total. The maximum atomic E-state index is 12.1. The number of rotatable bonds is 4. The van der Waals surface area contributed by atoms with E-state index in [1.54, 1.807) is 12.1 Å². The highest BCUT2D eigenvalue weighted by Crippen LogP contribution is 2.23. The Hall–Kier alpha value is -0.870. The minimum Gasteiger partial charge on any atom is -0.208 e. The maximum absolute atomic E-state index is 12.1. The molecule has 0 saturated carbocycles. The van der Waals surface area contributed by atoms with Crippen molar-refractivity contribution in [1.29, 1.82) is 0 Å². The van der Waals surface area contributed by atoms with Crippen LogP contribution in [-0.2, 0) is 15.4 Å². The third-order valence-electron chi connectivity index (χ3n) is 3.00. The van der Waals surface area contributed by atoms with E-state index in [0.29, 0.717) is 4.90 Å². The molecular formula is C14H23NO2S. The van der Waals surface area contributed by atoms with E-state index in [1.807, 2.05) is 26.0 Å². The third-order valence-corrected chi connectivity index (χ3v) is 4.60. The Bertz CT molecular complexity index is 484. The monoisotopic (exact) mass is 269 g/mol. The Morgan fingerprint density at radius 1 is 1.17 bits per heavy atom. The van der Waals surface area contributed by atoms with Gasteiger partial charge in [0.15, 0.2) is 0 Å². The summed E-state index contributed by atoms with van der Waals surface area (Å²) in [6.07, 6.45) is 0.777. The van der Waals surface area contributed by atoms with Crippen LogP contribution in [0, 0.1) is 0 Å². The minimum absolute atomic E-state index is 0.0342. The molecule has 102 valence electrons. The van der Waals surface area contributed by atoms with Crippen molar-refractivity contribution in [2.24, 2.45) is 0 Å². The summed E-state index contributed by atoms with van der Waals surface area (Å²) in [5.74, 6) is 0. The first kappa shape index (κ1) is 15.2. The fraction of sp³-hybridized carbons (Fsp3) is 0.571. The van der Waals surface area contributed by atoms with E-state index < -0.39 is 10.0 Å². The summed E-state index contributed by atoms with van der Waals surface area (Å²) in [5.41, 5.74) is 1.16. The van der Waals surface area contributed by atoms with Crippen LogP contribution in [0.25, 0.3) is 0 Å². The molecule has 0 radical (unpaired) electrons. The standard InChI is InChI=1S/C14H23NO2S/c1-6-11(2)15-18(16,17)13-9-7-12(8-10-13)14(3,4)5/h7-11,15H,6H2,1-5H3/t11-/m1/s1. The van der Waals surface area contributed by atoms with Gasteiger partial charge in [-0.3, -0.25) is 0 Å². The first-order valence-electron chi connectivity index (χ1n) is 6.29. The molecule has 0 bridgehead atoms.